The van der Waals surface area contributed by atoms with Gasteiger partial charge in [-0.15, -0.1) is 0 Å². The highest BCUT2D eigenvalue weighted by molar-refractivity contribution is 6.30. The maximum absolute atomic E-state index is 12.2. The molecule has 0 amide bonds. The van der Waals surface area contributed by atoms with Crippen molar-refractivity contribution in [2.75, 3.05) is 5.73 Å². The van der Waals surface area contributed by atoms with Gasteiger partial charge in [0, 0.05) is 16.3 Å². The van der Waals surface area contributed by atoms with Gasteiger partial charge in [-0.3, -0.25) is 0 Å². The summed E-state index contributed by atoms with van der Waals surface area (Å²) in [6, 6.07) is 1.66. The Morgan fingerprint density at radius 3 is 2.29 bits per heavy atom. The fourth-order valence-electron chi connectivity index (χ4n) is 1.01. The Morgan fingerprint density at radius 1 is 1.29 bits per heavy atom. The molecule has 78 valence electrons. The van der Waals surface area contributed by atoms with E-state index in [2.05, 4.69) is 0 Å². The van der Waals surface area contributed by atoms with Crippen LogP contribution in [-0.2, 0) is 0 Å². The normalized spacial score (nSPS) is 14.1. The lowest BCUT2D eigenvalue weighted by Crippen LogP contribution is -2.29. The molecule has 0 bridgehead atoms. The number of halogens is 4. The van der Waals surface area contributed by atoms with E-state index in [1.54, 1.807) is 0 Å². The monoisotopic (exact) mass is 224 g/mol. The lowest BCUT2D eigenvalue weighted by atomic mass is 10.1. The highest BCUT2D eigenvalue weighted by atomic mass is 35.5. The number of anilines is 1. The van der Waals surface area contributed by atoms with Crippen LogP contribution < -0.4 is 11.5 Å². The van der Waals surface area contributed by atoms with Crippen molar-refractivity contribution in [2.45, 2.75) is 12.2 Å². The number of benzene rings is 1. The predicted molar refractivity (Wildman–Crippen MR) is 48.8 cm³/mol. The second kappa shape index (κ2) is 3.67. The van der Waals surface area contributed by atoms with E-state index in [0.29, 0.717) is 0 Å². The molecule has 0 aliphatic carbocycles. The molecule has 1 atom stereocenters. The van der Waals surface area contributed by atoms with Gasteiger partial charge in [-0.2, -0.15) is 13.2 Å². The predicted octanol–water partition coefficient (Wildman–Crippen LogP) is 2.48. The van der Waals surface area contributed by atoms with E-state index in [9.17, 15) is 13.2 Å². The molecule has 6 heteroatoms. The molecule has 1 rings (SSSR count). The maximum Gasteiger partial charge on any atom is 0.407 e. The van der Waals surface area contributed by atoms with Crippen molar-refractivity contribution >= 4 is 17.3 Å². The summed E-state index contributed by atoms with van der Waals surface area (Å²) in [5, 5.41) is 0.278. The van der Waals surface area contributed by atoms with Gasteiger partial charge in [-0.1, -0.05) is 17.7 Å². The summed E-state index contributed by atoms with van der Waals surface area (Å²) < 4.78 is 36.6. The Kier molecular flexibility index (Phi) is 2.92. The fourth-order valence-corrected chi connectivity index (χ4v) is 1.19. The second-order valence-electron chi connectivity index (χ2n) is 2.79. The van der Waals surface area contributed by atoms with Gasteiger partial charge >= 0.3 is 6.18 Å². The molecular formula is C8H8ClF3N2. The van der Waals surface area contributed by atoms with Gasteiger partial charge in [0.1, 0.15) is 6.04 Å². The van der Waals surface area contributed by atoms with Gasteiger partial charge in [0.25, 0.3) is 0 Å². The lowest BCUT2D eigenvalue weighted by molar-refractivity contribution is -0.149. The summed E-state index contributed by atoms with van der Waals surface area (Å²) in [7, 11) is 0. The quantitative estimate of drug-likeness (QED) is 0.720. The van der Waals surface area contributed by atoms with Crippen LogP contribution in [0, 0.1) is 0 Å². The molecule has 0 aromatic heterocycles. The first-order chi connectivity index (χ1) is 6.32. The topological polar surface area (TPSA) is 52.0 Å². The number of nitrogen functional groups attached to an aromatic ring is 1. The molecule has 1 aromatic rings. The summed E-state index contributed by atoms with van der Waals surface area (Å²) in [4.78, 5) is 0. The highest BCUT2D eigenvalue weighted by Gasteiger charge is 2.38. The zero-order valence-corrected chi connectivity index (χ0v) is 7.73. The van der Waals surface area contributed by atoms with Crippen LogP contribution in [0.3, 0.4) is 0 Å². The summed E-state index contributed by atoms with van der Waals surface area (Å²) in [5.41, 5.74) is 10.1. The third-order valence-corrected chi connectivity index (χ3v) is 1.97. The Morgan fingerprint density at radius 2 is 1.86 bits per heavy atom. The number of alkyl halides is 3. The molecule has 0 saturated carbocycles. The van der Waals surface area contributed by atoms with E-state index in [1.807, 2.05) is 0 Å². The average molecular weight is 225 g/mol. The van der Waals surface area contributed by atoms with Gasteiger partial charge in [-0.25, -0.2) is 0 Å². The third kappa shape index (κ3) is 2.30. The highest BCUT2D eigenvalue weighted by Crippen LogP contribution is 2.34. The van der Waals surface area contributed by atoms with Crippen molar-refractivity contribution in [3.8, 4) is 0 Å². The van der Waals surface area contributed by atoms with Gasteiger partial charge in [0.2, 0.25) is 0 Å². The Hall–Kier alpha value is -0.940. The first-order valence-electron chi connectivity index (χ1n) is 3.69. The Labute approximate surface area is 83.6 Å². The average Bonchev–Trinajstić information content (AvgIpc) is 2.01. The van der Waals surface area contributed by atoms with Crippen LogP contribution in [0.25, 0.3) is 0 Å². The number of nitrogens with two attached hydrogens (primary N) is 2. The maximum atomic E-state index is 12.2. The zero-order valence-electron chi connectivity index (χ0n) is 6.98. The van der Waals surface area contributed by atoms with Gasteiger partial charge in [0.15, 0.2) is 0 Å². The van der Waals surface area contributed by atoms with Crippen molar-refractivity contribution in [2.24, 2.45) is 5.73 Å². The van der Waals surface area contributed by atoms with E-state index < -0.39 is 12.2 Å². The van der Waals surface area contributed by atoms with E-state index in [-0.39, 0.29) is 16.3 Å². The summed E-state index contributed by atoms with van der Waals surface area (Å²) in [6.45, 7) is 0. The van der Waals surface area contributed by atoms with Crippen LogP contribution in [0.1, 0.15) is 11.6 Å². The minimum absolute atomic E-state index is 0.0534. The largest absolute Gasteiger partial charge is 0.407 e. The fraction of sp³-hybridized carbons (Fsp3) is 0.250. The molecule has 4 N–H and O–H groups in total. The number of rotatable bonds is 1. The van der Waals surface area contributed by atoms with Crippen molar-refractivity contribution in [1.29, 1.82) is 0 Å². The summed E-state index contributed by atoms with van der Waals surface area (Å²) in [6.07, 6.45) is -4.50. The summed E-state index contributed by atoms with van der Waals surface area (Å²) in [5.74, 6) is 0. The third-order valence-electron chi connectivity index (χ3n) is 1.74. The van der Waals surface area contributed by atoms with Crippen molar-refractivity contribution < 1.29 is 13.2 Å². The van der Waals surface area contributed by atoms with Crippen LogP contribution in [0.4, 0.5) is 18.9 Å². The Bertz CT molecular complexity index is 338. The van der Waals surface area contributed by atoms with Crippen LogP contribution in [0.2, 0.25) is 5.02 Å². The number of hydrogen-bond acceptors (Lipinski definition) is 2. The van der Waals surface area contributed by atoms with E-state index in [1.165, 1.54) is 18.2 Å². The van der Waals surface area contributed by atoms with Gasteiger partial charge in [-0.05, 0) is 12.1 Å². The minimum atomic E-state index is -4.50. The minimum Gasteiger partial charge on any atom is -0.398 e. The number of hydrogen-bond donors (Lipinski definition) is 2. The second-order valence-corrected chi connectivity index (χ2v) is 3.23. The molecule has 0 aliphatic rings. The van der Waals surface area contributed by atoms with Gasteiger partial charge < -0.3 is 11.5 Å². The SMILES string of the molecule is Nc1cc(Cl)ccc1[C@@H](N)C(F)(F)F. The lowest BCUT2D eigenvalue weighted by Gasteiger charge is -2.17. The standard InChI is InChI=1S/C8H8ClF3N2/c9-4-1-2-5(6(13)3-4)7(14)8(10,11)12/h1-3,7H,13-14H2/t7-/m1/s1. The van der Waals surface area contributed by atoms with Crippen molar-refractivity contribution in [3.05, 3.63) is 28.8 Å². The Balaban J connectivity index is 3.08. The molecule has 1 aromatic carbocycles. The van der Waals surface area contributed by atoms with Crippen LogP contribution >= 0.6 is 11.6 Å². The van der Waals surface area contributed by atoms with Gasteiger partial charge in [0.05, 0.1) is 0 Å². The van der Waals surface area contributed by atoms with Crippen LogP contribution in [-0.4, -0.2) is 6.18 Å². The van der Waals surface area contributed by atoms with Crippen molar-refractivity contribution in [1.82, 2.24) is 0 Å². The van der Waals surface area contributed by atoms with Crippen LogP contribution in [0.15, 0.2) is 18.2 Å². The molecule has 14 heavy (non-hydrogen) atoms. The van der Waals surface area contributed by atoms with E-state index in [0.717, 1.165) is 0 Å². The molecule has 2 nitrogen and oxygen atoms in total. The van der Waals surface area contributed by atoms with Crippen molar-refractivity contribution in [3.63, 3.8) is 0 Å². The molecular weight excluding hydrogens is 217 g/mol. The van der Waals surface area contributed by atoms with E-state index in [4.69, 9.17) is 23.1 Å². The smallest absolute Gasteiger partial charge is 0.398 e. The summed E-state index contributed by atoms with van der Waals surface area (Å²) >= 11 is 5.53. The molecule has 0 spiro atoms. The van der Waals surface area contributed by atoms with E-state index >= 15 is 0 Å². The first-order valence-corrected chi connectivity index (χ1v) is 4.07. The van der Waals surface area contributed by atoms with Crippen LogP contribution in [0.5, 0.6) is 0 Å². The molecule has 0 radical (unpaired) electrons. The molecule has 0 heterocycles. The zero-order chi connectivity index (χ0) is 10.9. The first kappa shape index (κ1) is 11.1. The molecule has 0 fully saturated rings. The molecule has 0 unspecified atom stereocenters. The molecule has 0 aliphatic heterocycles. The molecule has 0 saturated heterocycles.